The molecule has 3 N–H and O–H groups in total. The molecule has 2 fully saturated rings. The molecule has 0 radical (unpaired) electrons. The van der Waals surface area contributed by atoms with Crippen molar-refractivity contribution < 1.29 is 42.1 Å². The predicted molar refractivity (Wildman–Crippen MR) is 233 cm³/mol. The van der Waals surface area contributed by atoms with Gasteiger partial charge in [0.2, 0.25) is 17.7 Å². The fraction of sp³-hybridized carbons (Fsp3) is 0.533. The van der Waals surface area contributed by atoms with Crippen LogP contribution in [-0.2, 0) is 38.3 Å². The van der Waals surface area contributed by atoms with Crippen LogP contribution in [-0.4, -0.2) is 116 Å². The van der Waals surface area contributed by atoms with Gasteiger partial charge in [0, 0.05) is 52.0 Å². The Kier molecular flexibility index (Phi) is 14.7. The molecule has 5 heterocycles. The second kappa shape index (κ2) is 20.2. The second-order valence-electron chi connectivity index (χ2n) is 17.6. The molecule has 4 aromatic rings. The molecule has 3 atom stereocenters. The molecule has 344 valence electrons. The zero-order chi connectivity index (χ0) is 45.6. The number of hydrogen-bond acceptors (Lipinski definition) is 12. The molecule has 0 spiro atoms. The highest BCUT2D eigenvalue weighted by Crippen LogP contribution is 2.33. The minimum absolute atomic E-state index is 0.0172. The van der Waals surface area contributed by atoms with E-state index in [2.05, 4.69) is 47.9 Å². The minimum atomic E-state index is -4.62. The third kappa shape index (κ3) is 11.5. The van der Waals surface area contributed by atoms with Gasteiger partial charge < -0.3 is 35.0 Å². The first-order valence-electron chi connectivity index (χ1n) is 21.7. The number of aromatic nitrogens is 4. The van der Waals surface area contributed by atoms with E-state index in [4.69, 9.17) is 9.47 Å². The number of benzene rings is 2. The van der Waals surface area contributed by atoms with Gasteiger partial charge in [-0.05, 0) is 72.8 Å². The number of carbonyl (C=O) groups excluding carboxylic acids is 3. The summed E-state index contributed by atoms with van der Waals surface area (Å²) in [7, 11) is 0. The summed E-state index contributed by atoms with van der Waals surface area (Å²) < 4.78 is 52.5. The molecule has 19 heteroatoms. The van der Waals surface area contributed by atoms with Gasteiger partial charge >= 0.3 is 6.18 Å². The number of unbranched alkanes of at least 4 members (excludes halogenated alkanes) is 1. The molecule has 0 bridgehead atoms. The molecule has 0 unspecified atom stereocenters. The number of alkyl halides is 3. The Balaban J connectivity index is 0.795. The minimum Gasteiger partial charge on any atom is -0.494 e. The number of amides is 3. The predicted octanol–water partition coefficient (Wildman–Crippen LogP) is 5.70. The number of ether oxygens (including phenoxy) is 2. The summed E-state index contributed by atoms with van der Waals surface area (Å²) in [5, 5.41) is 27.5. The fourth-order valence-electron chi connectivity index (χ4n) is 8.31. The van der Waals surface area contributed by atoms with Crippen LogP contribution in [0.4, 0.5) is 13.2 Å². The van der Waals surface area contributed by atoms with Crippen molar-refractivity contribution in [2.45, 2.75) is 109 Å². The number of fused-ring (bicyclic) bond motifs is 1. The molecule has 2 aromatic carbocycles. The van der Waals surface area contributed by atoms with E-state index < -0.39 is 47.4 Å². The Bertz CT molecular complexity index is 2270. The van der Waals surface area contributed by atoms with Gasteiger partial charge in [-0.25, -0.2) is 4.98 Å². The molecular formula is C45H56F3N9O6S. The SMILES string of the molecule is Cc1ncsc1-c1ccc(CNC(=O)[C@@H]2C[C@H](O)CN2C(=O)[C@@H](NC(=O)COCCCCOc2ccc(C3CCN(C4=Nn5c(nnc5C(F)(F)F)CC4)CC3)cc2)C(C)(C)C)cc1. The molecule has 3 aliphatic heterocycles. The van der Waals surface area contributed by atoms with Crippen molar-refractivity contribution in [1.82, 2.24) is 40.3 Å². The number of aliphatic hydroxyl groups is 1. The molecule has 2 saturated heterocycles. The lowest BCUT2D eigenvalue weighted by atomic mass is 9.85. The second-order valence-corrected chi connectivity index (χ2v) is 18.5. The first-order valence-corrected chi connectivity index (χ1v) is 22.6. The summed E-state index contributed by atoms with van der Waals surface area (Å²) in [6.07, 6.45) is -1.48. The van der Waals surface area contributed by atoms with E-state index in [0.29, 0.717) is 63.7 Å². The number of hydrogen-bond donors (Lipinski definition) is 3. The number of β-amino-alcohol motifs (C(OH)–C–C–N with tert-alkyl or cyclic N) is 1. The van der Waals surface area contributed by atoms with Gasteiger partial charge in [0.15, 0.2) is 5.82 Å². The van der Waals surface area contributed by atoms with Gasteiger partial charge in [0.25, 0.3) is 5.82 Å². The third-order valence-corrected chi connectivity index (χ3v) is 12.8. The Morgan fingerprint density at radius 2 is 1.69 bits per heavy atom. The highest BCUT2D eigenvalue weighted by molar-refractivity contribution is 7.13. The summed E-state index contributed by atoms with van der Waals surface area (Å²) in [6.45, 7) is 9.60. The molecule has 2 aromatic heterocycles. The number of carbonyl (C=O) groups is 3. The maximum absolute atomic E-state index is 14.0. The molecule has 0 saturated carbocycles. The lowest BCUT2D eigenvalue weighted by molar-refractivity contribution is -0.147. The maximum atomic E-state index is 14.0. The van der Waals surface area contributed by atoms with Crippen LogP contribution in [0.5, 0.6) is 5.75 Å². The molecule has 0 aliphatic carbocycles. The van der Waals surface area contributed by atoms with Gasteiger partial charge in [-0.2, -0.15) is 22.9 Å². The Labute approximate surface area is 374 Å². The van der Waals surface area contributed by atoms with Crippen LogP contribution in [0.2, 0.25) is 0 Å². The number of thiazole rings is 1. The highest BCUT2D eigenvalue weighted by Gasteiger charge is 2.45. The Hall–Kier alpha value is -5.40. The van der Waals surface area contributed by atoms with Crippen LogP contribution in [0.1, 0.15) is 93.7 Å². The van der Waals surface area contributed by atoms with Crippen molar-refractivity contribution in [2.24, 2.45) is 10.5 Å². The van der Waals surface area contributed by atoms with E-state index in [1.807, 2.05) is 69.6 Å². The van der Waals surface area contributed by atoms with Crippen LogP contribution >= 0.6 is 11.3 Å². The lowest BCUT2D eigenvalue weighted by Gasteiger charge is -2.35. The normalized spacial score (nSPS) is 18.7. The summed E-state index contributed by atoms with van der Waals surface area (Å²) in [4.78, 5) is 49.2. The number of nitrogens with one attached hydrogen (secondary N) is 2. The third-order valence-electron chi connectivity index (χ3n) is 11.9. The van der Waals surface area contributed by atoms with E-state index in [9.17, 15) is 32.7 Å². The molecular weight excluding hydrogens is 852 g/mol. The van der Waals surface area contributed by atoms with Crippen molar-refractivity contribution in [2.75, 3.05) is 39.5 Å². The number of rotatable bonds is 15. The fourth-order valence-corrected chi connectivity index (χ4v) is 9.12. The average Bonchev–Trinajstić information content (AvgIpc) is 4.02. The number of aryl methyl sites for hydroxylation is 2. The Morgan fingerprint density at radius 1 is 0.969 bits per heavy atom. The van der Waals surface area contributed by atoms with Crippen LogP contribution in [0.25, 0.3) is 10.4 Å². The van der Waals surface area contributed by atoms with Gasteiger partial charge in [-0.15, -0.1) is 21.5 Å². The molecule has 7 rings (SSSR count). The van der Waals surface area contributed by atoms with E-state index in [0.717, 1.165) is 45.0 Å². The van der Waals surface area contributed by atoms with Crippen molar-refractivity contribution in [3.63, 3.8) is 0 Å². The van der Waals surface area contributed by atoms with Gasteiger partial charge in [0.1, 0.15) is 30.3 Å². The monoisotopic (exact) mass is 907 g/mol. The van der Waals surface area contributed by atoms with Crippen molar-refractivity contribution in [1.29, 1.82) is 0 Å². The average molecular weight is 908 g/mol. The van der Waals surface area contributed by atoms with E-state index in [1.54, 1.807) is 11.3 Å². The highest BCUT2D eigenvalue weighted by atomic mass is 32.1. The van der Waals surface area contributed by atoms with E-state index in [-0.39, 0.29) is 37.8 Å². The van der Waals surface area contributed by atoms with Gasteiger partial charge in [-0.3, -0.25) is 14.4 Å². The van der Waals surface area contributed by atoms with Crippen LogP contribution in [0.3, 0.4) is 0 Å². The summed E-state index contributed by atoms with van der Waals surface area (Å²) in [5.74, 6) is -0.465. The van der Waals surface area contributed by atoms with Crippen LogP contribution < -0.4 is 15.4 Å². The summed E-state index contributed by atoms with van der Waals surface area (Å²) in [6, 6.07) is 14.0. The van der Waals surface area contributed by atoms with Gasteiger partial charge in [0.05, 0.1) is 28.8 Å². The molecule has 64 heavy (non-hydrogen) atoms. The van der Waals surface area contributed by atoms with Crippen molar-refractivity contribution in [3.05, 3.63) is 82.5 Å². The largest absolute Gasteiger partial charge is 0.494 e. The smallest absolute Gasteiger partial charge is 0.453 e. The number of nitrogens with zero attached hydrogens (tertiary/aromatic N) is 7. The van der Waals surface area contributed by atoms with Crippen molar-refractivity contribution in [3.8, 4) is 16.2 Å². The van der Waals surface area contributed by atoms with E-state index >= 15 is 0 Å². The number of halogens is 3. The topological polar surface area (TPSA) is 176 Å². The first kappa shape index (κ1) is 46.6. The van der Waals surface area contributed by atoms with Crippen LogP contribution in [0, 0.1) is 12.3 Å². The Morgan fingerprint density at radius 3 is 2.36 bits per heavy atom. The number of likely N-dealkylation sites (tertiary alicyclic amines) is 2. The zero-order valence-electron chi connectivity index (χ0n) is 36.6. The maximum Gasteiger partial charge on any atom is 0.453 e. The number of aliphatic hydroxyl groups excluding tert-OH is 1. The van der Waals surface area contributed by atoms with Gasteiger partial charge in [-0.1, -0.05) is 57.2 Å². The number of amidine groups is 1. The van der Waals surface area contributed by atoms with Crippen molar-refractivity contribution >= 4 is 34.9 Å². The quantitative estimate of drug-likeness (QED) is 0.126. The van der Waals surface area contributed by atoms with E-state index in [1.165, 1.54) is 10.5 Å². The molecule has 3 amide bonds. The van der Waals surface area contributed by atoms with Crippen LogP contribution in [0.15, 0.2) is 59.1 Å². The summed E-state index contributed by atoms with van der Waals surface area (Å²) >= 11 is 1.57. The zero-order valence-corrected chi connectivity index (χ0v) is 37.4. The number of piperidine rings is 1. The first-order chi connectivity index (χ1) is 30.5. The lowest BCUT2D eigenvalue weighted by Crippen LogP contribution is -2.58. The summed E-state index contributed by atoms with van der Waals surface area (Å²) in [5.41, 5.74) is 5.19. The standard InChI is InChI=1S/C45H56F3N9O6S/c1-28-39(64-27-50-28)32-9-7-29(8-10-32)24-49-41(60)35-23-33(58)25-56(35)42(61)40(44(2,3)4)51-38(59)26-62-21-5-6-22-63-34-13-11-30(12-14-34)31-17-19-55(20-18-31)37-16-15-36-52-53-43(45(46,47)48)57(36)54-37/h7-14,27,31,33,35,40,58H,5-6,15-26H2,1-4H3,(H,49,60)(H,51,59)/t33-,35-,40+/m0/s1. The molecule has 15 nitrogen and oxygen atoms in total. The molecule has 3 aliphatic rings.